The van der Waals surface area contributed by atoms with Gasteiger partial charge in [-0.2, -0.15) is 0 Å². The maximum atomic E-state index is 12.9. The molecule has 0 heterocycles. The number of unbranched alkanes of at least 4 members (excludes halogenated alkanes) is 37. The lowest BCUT2D eigenvalue weighted by Crippen LogP contribution is -2.37. The summed E-state index contributed by atoms with van der Waals surface area (Å²) >= 11 is 0. The van der Waals surface area contributed by atoms with Gasteiger partial charge in [-0.25, -0.2) is 4.57 Å². The number of phosphoric acid groups is 1. The summed E-state index contributed by atoms with van der Waals surface area (Å²) in [4.78, 5) is 35.9. The molecule has 2 atom stereocenters. The van der Waals surface area contributed by atoms with E-state index in [-0.39, 0.29) is 32.0 Å². The molecule has 10 heteroatoms. The van der Waals surface area contributed by atoms with Crippen LogP contribution in [0.5, 0.6) is 0 Å². The van der Waals surface area contributed by atoms with Gasteiger partial charge in [0.2, 0.25) is 0 Å². The Labute approximate surface area is 520 Å². The van der Waals surface area contributed by atoms with Crippen molar-refractivity contribution in [1.29, 1.82) is 0 Å². The number of esters is 2. The van der Waals surface area contributed by atoms with Crippen LogP contribution in [0.25, 0.3) is 0 Å². The minimum absolute atomic E-state index is 0.0311. The highest BCUT2D eigenvalue weighted by molar-refractivity contribution is 7.47. The summed E-state index contributed by atoms with van der Waals surface area (Å²) in [6.07, 6.45) is 88.3. The van der Waals surface area contributed by atoms with E-state index in [0.29, 0.717) is 17.4 Å². The molecule has 0 saturated heterocycles. The molecule has 0 bridgehead atoms. The van der Waals surface area contributed by atoms with Gasteiger partial charge in [-0.3, -0.25) is 18.6 Å². The Morgan fingerprint density at radius 1 is 0.381 bits per heavy atom. The lowest BCUT2D eigenvalue weighted by Gasteiger charge is -2.24. The topological polar surface area (TPSA) is 108 Å². The highest BCUT2D eigenvalue weighted by Gasteiger charge is 2.27. The van der Waals surface area contributed by atoms with E-state index in [4.69, 9.17) is 18.5 Å². The first-order valence-corrected chi connectivity index (χ1v) is 36.8. The molecule has 488 valence electrons. The zero-order valence-electron chi connectivity index (χ0n) is 55.6. The smallest absolute Gasteiger partial charge is 0.462 e. The summed E-state index contributed by atoms with van der Waals surface area (Å²) in [7, 11) is 1.49. The zero-order chi connectivity index (χ0) is 61.2. The summed E-state index contributed by atoms with van der Waals surface area (Å²) < 4.78 is 34.7. The second kappa shape index (κ2) is 64.7. The number of hydrogen-bond acceptors (Lipinski definition) is 7. The average Bonchev–Trinajstić information content (AvgIpc) is 3.61. The van der Waals surface area contributed by atoms with Crippen LogP contribution in [0, 0.1) is 0 Å². The molecule has 0 aromatic carbocycles. The molecule has 0 rings (SSSR count). The number of ether oxygens (including phenoxy) is 2. The quantitative estimate of drug-likeness (QED) is 0.0211. The number of rotatable bonds is 65. The van der Waals surface area contributed by atoms with Gasteiger partial charge in [0.15, 0.2) is 6.10 Å². The third kappa shape index (κ3) is 68.3. The van der Waals surface area contributed by atoms with Crippen LogP contribution in [-0.4, -0.2) is 74.9 Å². The molecule has 0 spiro atoms. The highest BCUT2D eigenvalue weighted by Crippen LogP contribution is 2.43. The Kier molecular flexibility index (Phi) is 62.5. The van der Waals surface area contributed by atoms with E-state index in [9.17, 15) is 19.0 Å². The summed E-state index contributed by atoms with van der Waals surface area (Å²) in [5.41, 5.74) is 0. The van der Waals surface area contributed by atoms with Crippen LogP contribution >= 0.6 is 7.82 Å². The van der Waals surface area contributed by atoms with E-state index < -0.39 is 26.5 Å². The molecule has 0 radical (unpaired) electrons. The SMILES string of the molecule is CC/C=C\C/C=C\C/C=C\C/C=C\C/C=C\CCCCCCCCCCCCCCCCCCCCCC(=O)OC(COC(=O)CCCCCCCCCCCCCCC/C=C\C/C=C\CCCCCCC)COP(=O)(O)OCC[N+](C)(C)C. The van der Waals surface area contributed by atoms with Gasteiger partial charge in [-0.05, 0) is 89.9 Å². The fourth-order valence-corrected chi connectivity index (χ4v) is 10.8. The molecule has 0 amide bonds. The van der Waals surface area contributed by atoms with Gasteiger partial charge in [-0.15, -0.1) is 0 Å². The van der Waals surface area contributed by atoms with Gasteiger partial charge < -0.3 is 18.9 Å². The van der Waals surface area contributed by atoms with Crippen molar-refractivity contribution in [3.8, 4) is 0 Å². The highest BCUT2D eigenvalue weighted by atomic mass is 31.2. The van der Waals surface area contributed by atoms with E-state index >= 15 is 0 Å². The zero-order valence-corrected chi connectivity index (χ0v) is 56.5. The number of allylic oxidation sites excluding steroid dienone is 14. The van der Waals surface area contributed by atoms with Gasteiger partial charge in [0.1, 0.15) is 19.8 Å². The molecule has 84 heavy (non-hydrogen) atoms. The Morgan fingerprint density at radius 3 is 1.01 bits per heavy atom. The fourth-order valence-electron chi connectivity index (χ4n) is 10.0. The van der Waals surface area contributed by atoms with Crippen molar-refractivity contribution in [2.45, 2.75) is 328 Å². The van der Waals surface area contributed by atoms with Crippen LogP contribution < -0.4 is 0 Å². The van der Waals surface area contributed by atoms with Crippen molar-refractivity contribution in [1.82, 2.24) is 0 Å². The molecule has 0 aromatic rings. The predicted octanol–water partition coefficient (Wildman–Crippen LogP) is 22.9. The van der Waals surface area contributed by atoms with Crippen molar-refractivity contribution in [3.63, 3.8) is 0 Å². The number of carbonyl (C=O) groups excluding carboxylic acids is 2. The van der Waals surface area contributed by atoms with Crippen LogP contribution in [-0.2, 0) is 32.7 Å². The number of nitrogens with zero attached hydrogens (tertiary/aromatic N) is 1. The minimum Gasteiger partial charge on any atom is -0.462 e. The Bertz CT molecular complexity index is 1690. The van der Waals surface area contributed by atoms with Crippen molar-refractivity contribution >= 4 is 19.8 Å². The first kappa shape index (κ1) is 81.2. The first-order valence-electron chi connectivity index (χ1n) is 35.3. The molecule has 0 aliphatic rings. The second-order valence-electron chi connectivity index (χ2n) is 24.9. The van der Waals surface area contributed by atoms with Crippen LogP contribution in [0.4, 0.5) is 0 Å². The third-order valence-corrected chi connectivity index (χ3v) is 16.4. The van der Waals surface area contributed by atoms with Crippen molar-refractivity contribution in [3.05, 3.63) is 85.1 Å². The first-order chi connectivity index (χ1) is 41.0. The molecule has 0 saturated carbocycles. The van der Waals surface area contributed by atoms with Crippen molar-refractivity contribution in [2.75, 3.05) is 47.5 Å². The maximum absolute atomic E-state index is 12.9. The summed E-state index contributed by atoms with van der Waals surface area (Å²) in [6.45, 7) is 4.35. The van der Waals surface area contributed by atoms with Gasteiger partial charge in [-0.1, -0.05) is 304 Å². The molecule has 9 nitrogen and oxygen atoms in total. The van der Waals surface area contributed by atoms with Crippen LogP contribution in [0.2, 0.25) is 0 Å². The molecule has 2 unspecified atom stereocenters. The predicted molar refractivity (Wildman–Crippen MR) is 362 cm³/mol. The van der Waals surface area contributed by atoms with E-state index in [0.717, 1.165) is 70.6 Å². The van der Waals surface area contributed by atoms with E-state index in [1.54, 1.807) is 0 Å². The van der Waals surface area contributed by atoms with Gasteiger partial charge >= 0.3 is 19.8 Å². The molecule has 0 aliphatic heterocycles. The van der Waals surface area contributed by atoms with Crippen LogP contribution in [0.15, 0.2) is 85.1 Å². The molecule has 0 aliphatic carbocycles. The Balaban J connectivity index is 4.01. The van der Waals surface area contributed by atoms with Crippen molar-refractivity contribution in [2.24, 2.45) is 0 Å². The molecule has 1 N–H and O–H groups in total. The largest absolute Gasteiger partial charge is 0.472 e. The summed E-state index contributed by atoms with van der Waals surface area (Å²) in [5.74, 6) is -0.786. The molecular weight excluding hydrogens is 1060 g/mol. The average molecular weight is 1200 g/mol. The fraction of sp³-hybridized carbons (Fsp3) is 0.784. The summed E-state index contributed by atoms with van der Waals surface area (Å²) in [6, 6.07) is 0. The lowest BCUT2D eigenvalue weighted by atomic mass is 10.0. The van der Waals surface area contributed by atoms with Crippen LogP contribution in [0.3, 0.4) is 0 Å². The summed E-state index contributed by atoms with van der Waals surface area (Å²) in [5, 5.41) is 0. The number of quaternary nitrogens is 1. The third-order valence-electron chi connectivity index (χ3n) is 15.4. The monoisotopic (exact) mass is 1200 g/mol. The van der Waals surface area contributed by atoms with E-state index in [1.165, 1.54) is 218 Å². The van der Waals surface area contributed by atoms with E-state index in [1.807, 2.05) is 21.1 Å². The molecule has 0 fully saturated rings. The molecular formula is C74H135NO8P+. The number of likely N-dealkylation sites (N-methyl/N-ethyl adjacent to an activating group) is 1. The normalized spacial score (nSPS) is 13.6. The number of carbonyl (C=O) groups is 2. The lowest BCUT2D eigenvalue weighted by molar-refractivity contribution is -0.870. The number of phosphoric ester groups is 1. The minimum atomic E-state index is -4.39. The van der Waals surface area contributed by atoms with Gasteiger partial charge in [0.25, 0.3) is 0 Å². The Hall–Kier alpha value is -2.81. The number of hydrogen-bond donors (Lipinski definition) is 1. The maximum Gasteiger partial charge on any atom is 0.472 e. The van der Waals surface area contributed by atoms with Gasteiger partial charge in [0, 0.05) is 12.8 Å². The van der Waals surface area contributed by atoms with Crippen molar-refractivity contribution < 1.29 is 42.1 Å². The van der Waals surface area contributed by atoms with Gasteiger partial charge in [0.05, 0.1) is 27.7 Å². The van der Waals surface area contributed by atoms with Crippen LogP contribution in [0.1, 0.15) is 322 Å². The second-order valence-corrected chi connectivity index (χ2v) is 26.3. The molecule has 0 aromatic heterocycles. The Morgan fingerprint density at radius 2 is 0.679 bits per heavy atom. The standard InChI is InChI=1S/C74H134NO8P/c1-6-8-10-12-14-16-18-20-22-24-26-28-30-32-33-34-35-36-37-38-39-40-41-43-45-47-49-51-53-55-57-59-61-63-65-67-74(77)83-72(71-82-84(78,79)81-69-68-75(3,4)5)70-80-73(76)66-64-62-60-58-56-54-52-50-48-46-44-42-31-29-27-25-23-21-19-17-15-13-11-9-7-2/h8,10,14,16,19-22,25-28,32-33,72H,6-7,9,11-13,15,17-18,23-24,29-31,34-71H2,1-5H3/p+1/b10-8-,16-14-,21-19-,22-20-,27-25-,28-26-,33-32-. The van der Waals surface area contributed by atoms with E-state index in [2.05, 4.69) is 98.9 Å².